The standard InChI is InChI=1S/C17H33N3O3/c1-13(11-15-12-22-10-7-18-15)19-14-5-8-20(9-6-14)16(21)23-17(2,3)4/h13-15,18-19H,5-12H2,1-4H3. The molecule has 6 nitrogen and oxygen atoms in total. The SMILES string of the molecule is CC(CC1COCCN1)NC1CCN(C(=O)OC(C)(C)C)CC1. The van der Waals surface area contributed by atoms with E-state index in [0.29, 0.717) is 18.1 Å². The number of rotatable bonds is 4. The monoisotopic (exact) mass is 327 g/mol. The molecule has 0 spiro atoms. The minimum Gasteiger partial charge on any atom is -0.444 e. The number of carbonyl (C=O) groups is 1. The third kappa shape index (κ3) is 6.65. The van der Waals surface area contributed by atoms with E-state index in [2.05, 4.69) is 17.6 Å². The van der Waals surface area contributed by atoms with Crippen LogP contribution >= 0.6 is 0 Å². The Balaban J connectivity index is 1.66. The van der Waals surface area contributed by atoms with Crippen molar-refractivity contribution in [1.82, 2.24) is 15.5 Å². The number of ether oxygens (including phenoxy) is 2. The van der Waals surface area contributed by atoms with E-state index in [-0.39, 0.29) is 6.09 Å². The largest absolute Gasteiger partial charge is 0.444 e. The van der Waals surface area contributed by atoms with Crippen LogP contribution in [0.4, 0.5) is 4.79 Å². The molecule has 0 saturated carbocycles. The highest BCUT2D eigenvalue weighted by Gasteiger charge is 2.27. The third-order valence-corrected chi connectivity index (χ3v) is 4.30. The lowest BCUT2D eigenvalue weighted by Gasteiger charge is -2.35. The maximum Gasteiger partial charge on any atom is 0.410 e. The lowest BCUT2D eigenvalue weighted by atomic mass is 10.0. The van der Waals surface area contributed by atoms with Crippen molar-refractivity contribution in [2.24, 2.45) is 0 Å². The molecule has 134 valence electrons. The molecule has 0 aromatic rings. The summed E-state index contributed by atoms with van der Waals surface area (Å²) in [5.74, 6) is 0. The minimum atomic E-state index is -0.421. The summed E-state index contributed by atoms with van der Waals surface area (Å²) < 4.78 is 10.9. The summed E-state index contributed by atoms with van der Waals surface area (Å²) in [6, 6.07) is 1.38. The molecule has 2 fully saturated rings. The highest BCUT2D eigenvalue weighted by atomic mass is 16.6. The highest BCUT2D eigenvalue weighted by molar-refractivity contribution is 5.68. The zero-order valence-corrected chi connectivity index (χ0v) is 15.1. The van der Waals surface area contributed by atoms with Crippen LogP contribution < -0.4 is 10.6 Å². The summed E-state index contributed by atoms with van der Waals surface area (Å²) in [5, 5.41) is 7.20. The van der Waals surface area contributed by atoms with Gasteiger partial charge in [-0.3, -0.25) is 0 Å². The van der Waals surface area contributed by atoms with Gasteiger partial charge in [-0.25, -0.2) is 4.79 Å². The Morgan fingerprint density at radius 2 is 2.09 bits per heavy atom. The van der Waals surface area contributed by atoms with Crippen molar-refractivity contribution in [3.63, 3.8) is 0 Å². The van der Waals surface area contributed by atoms with Crippen LogP contribution in [0.2, 0.25) is 0 Å². The molecule has 2 heterocycles. The number of hydrogen-bond donors (Lipinski definition) is 2. The Labute approximate surface area is 140 Å². The van der Waals surface area contributed by atoms with Gasteiger partial charge in [0, 0.05) is 37.8 Å². The molecule has 2 aliphatic heterocycles. The van der Waals surface area contributed by atoms with Gasteiger partial charge in [-0.2, -0.15) is 0 Å². The first kappa shape index (κ1) is 18.5. The van der Waals surface area contributed by atoms with Gasteiger partial charge in [0.2, 0.25) is 0 Å². The molecule has 6 heteroatoms. The maximum atomic E-state index is 12.1. The molecule has 2 unspecified atom stereocenters. The first-order valence-corrected chi connectivity index (χ1v) is 8.88. The Morgan fingerprint density at radius 3 is 2.65 bits per heavy atom. The number of hydrogen-bond acceptors (Lipinski definition) is 5. The zero-order chi connectivity index (χ0) is 16.9. The first-order chi connectivity index (χ1) is 10.8. The molecule has 2 aliphatic rings. The summed E-state index contributed by atoms with van der Waals surface area (Å²) in [7, 11) is 0. The van der Waals surface area contributed by atoms with E-state index in [1.165, 1.54) is 0 Å². The maximum absolute atomic E-state index is 12.1. The van der Waals surface area contributed by atoms with Gasteiger partial charge >= 0.3 is 6.09 Å². The molecule has 0 bridgehead atoms. The van der Waals surface area contributed by atoms with Gasteiger partial charge in [0.25, 0.3) is 0 Å². The predicted molar refractivity (Wildman–Crippen MR) is 90.7 cm³/mol. The van der Waals surface area contributed by atoms with Crippen LogP contribution in [0.25, 0.3) is 0 Å². The van der Waals surface area contributed by atoms with Crippen molar-refractivity contribution in [3.8, 4) is 0 Å². The van der Waals surface area contributed by atoms with E-state index < -0.39 is 5.60 Å². The van der Waals surface area contributed by atoms with E-state index in [1.54, 1.807) is 0 Å². The Morgan fingerprint density at radius 1 is 1.39 bits per heavy atom. The quantitative estimate of drug-likeness (QED) is 0.823. The molecular weight excluding hydrogens is 294 g/mol. The fourth-order valence-corrected chi connectivity index (χ4v) is 3.22. The molecule has 0 aromatic heterocycles. The number of nitrogens with one attached hydrogen (secondary N) is 2. The van der Waals surface area contributed by atoms with E-state index >= 15 is 0 Å². The second-order valence-corrected chi connectivity index (χ2v) is 7.77. The van der Waals surface area contributed by atoms with Crippen LogP contribution in [0.3, 0.4) is 0 Å². The molecule has 2 rings (SSSR count). The van der Waals surface area contributed by atoms with E-state index in [9.17, 15) is 4.79 Å². The Kier molecular flexibility index (Phi) is 6.68. The predicted octanol–water partition coefficient (Wildman–Crippen LogP) is 1.74. The molecule has 0 aromatic carbocycles. The number of piperidine rings is 1. The van der Waals surface area contributed by atoms with Crippen LogP contribution in [0.15, 0.2) is 0 Å². The van der Waals surface area contributed by atoms with Gasteiger partial charge in [-0.15, -0.1) is 0 Å². The van der Waals surface area contributed by atoms with Crippen molar-refractivity contribution in [2.75, 3.05) is 32.8 Å². The van der Waals surface area contributed by atoms with Gasteiger partial charge in [-0.1, -0.05) is 0 Å². The van der Waals surface area contributed by atoms with Crippen LogP contribution in [-0.4, -0.2) is 67.6 Å². The van der Waals surface area contributed by atoms with Crippen molar-refractivity contribution >= 4 is 6.09 Å². The van der Waals surface area contributed by atoms with Gasteiger partial charge in [0.15, 0.2) is 0 Å². The summed E-state index contributed by atoms with van der Waals surface area (Å²) >= 11 is 0. The van der Waals surface area contributed by atoms with Crippen molar-refractivity contribution in [3.05, 3.63) is 0 Å². The van der Waals surface area contributed by atoms with Crippen molar-refractivity contribution in [2.45, 2.75) is 70.7 Å². The van der Waals surface area contributed by atoms with Crippen molar-refractivity contribution < 1.29 is 14.3 Å². The molecule has 0 aliphatic carbocycles. The fraction of sp³-hybridized carbons (Fsp3) is 0.941. The topological polar surface area (TPSA) is 62.8 Å². The molecule has 1 amide bonds. The number of morpholine rings is 1. The van der Waals surface area contributed by atoms with Crippen LogP contribution in [0.1, 0.15) is 47.0 Å². The number of carbonyl (C=O) groups excluding carboxylic acids is 1. The third-order valence-electron chi connectivity index (χ3n) is 4.30. The number of nitrogens with zero attached hydrogens (tertiary/aromatic N) is 1. The smallest absolute Gasteiger partial charge is 0.410 e. The normalized spacial score (nSPS) is 25.2. The molecule has 2 saturated heterocycles. The number of amides is 1. The molecular formula is C17H33N3O3. The summed E-state index contributed by atoms with van der Waals surface area (Å²) in [6.07, 6.45) is 2.86. The molecule has 23 heavy (non-hydrogen) atoms. The summed E-state index contributed by atoms with van der Waals surface area (Å²) in [4.78, 5) is 13.9. The molecule has 2 N–H and O–H groups in total. The van der Waals surface area contributed by atoms with Crippen molar-refractivity contribution in [1.29, 1.82) is 0 Å². The minimum absolute atomic E-state index is 0.187. The fourth-order valence-electron chi connectivity index (χ4n) is 3.22. The average molecular weight is 327 g/mol. The van der Waals surface area contributed by atoms with E-state index in [4.69, 9.17) is 9.47 Å². The van der Waals surface area contributed by atoms with Crippen LogP contribution in [0, 0.1) is 0 Å². The second kappa shape index (κ2) is 8.31. The summed E-state index contributed by atoms with van der Waals surface area (Å²) in [6.45, 7) is 12.1. The van der Waals surface area contributed by atoms with E-state index in [0.717, 1.165) is 52.1 Å². The van der Waals surface area contributed by atoms with Gasteiger partial charge in [0.1, 0.15) is 5.60 Å². The van der Waals surface area contributed by atoms with Gasteiger partial charge in [0.05, 0.1) is 13.2 Å². The summed E-state index contributed by atoms with van der Waals surface area (Å²) in [5.41, 5.74) is -0.421. The number of likely N-dealkylation sites (tertiary alicyclic amines) is 1. The lowest BCUT2D eigenvalue weighted by molar-refractivity contribution is 0.0194. The van der Waals surface area contributed by atoms with Crippen LogP contribution in [0.5, 0.6) is 0 Å². The van der Waals surface area contributed by atoms with Crippen LogP contribution in [-0.2, 0) is 9.47 Å². The first-order valence-electron chi connectivity index (χ1n) is 8.88. The Hall–Kier alpha value is -0.850. The molecule has 0 radical (unpaired) electrons. The Bertz CT molecular complexity index is 370. The highest BCUT2D eigenvalue weighted by Crippen LogP contribution is 2.16. The average Bonchev–Trinajstić information content (AvgIpc) is 2.47. The van der Waals surface area contributed by atoms with Gasteiger partial charge < -0.3 is 25.0 Å². The molecule has 2 atom stereocenters. The van der Waals surface area contributed by atoms with E-state index in [1.807, 2.05) is 25.7 Å². The lowest BCUT2D eigenvalue weighted by Crippen LogP contribution is -2.50. The zero-order valence-electron chi connectivity index (χ0n) is 15.1. The second-order valence-electron chi connectivity index (χ2n) is 7.77. The van der Waals surface area contributed by atoms with Gasteiger partial charge in [-0.05, 0) is 47.0 Å².